The first-order valence-corrected chi connectivity index (χ1v) is 8.30. The molecular formula is C19H19NO4. The topological polar surface area (TPSA) is 83.5 Å². The molecule has 0 saturated heterocycles. The Kier molecular flexibility index (Phi) is 3.34. The molecule has 2 N–H and O–H groups in total. The van der Waals surface area contributed by atoms with Gasteiger partial charge >= 0.3 is 5.97 Å². The number of fused-ring (bicyclic) bond motifs is 1. The fourth-order valence-corrected chi connectivity index (χ4v) is 4.58. The minimum Gasteiger partial charge on any atom is -0.481 e. The minimum atomic E-state index is -0.883. The van der Waals surface area contributed by atoms with Crippen LogP contribution in [0.3, 0.4) is 0 Å². The molecule has 5 heteroatoms. The van der Waals surface area contributed by atoms with Gasteiger partial charge in [-0.2, -0.15) is 0 Å². The highest BCUT2D eigenvalue weighted by Crippen LogP contribution is 2.63. The first kappa shape index (κ1) is 15.1. The predicted molar refractivity (Wildman–Crippen MR) is 87.4 cm³/mol. The molecule has 2 saturated carbocycles. The van der Waals surface area contributed by atoms with Crippen molar-refractivity contribution in [3.63, 3.8) is 0 Å². The average molecular weight is 325 g/mol. The van der Waals surface area contributed by atoms with Gasteiger partial charge in [-0.05, 0) is 61.3 Å². The summed E-state index contributed by atoms with van der Waals surface area (Å²) in [6.07, 6.45) is 5.08. The second-order valence-electron chi connectivity index (χ2n) is 7.12. The summed E-state index contributed by atoms with van der Waals surface area (Å²) in [6, 6.07) is 6.69. The number of carbonyl (C=O) groups is 3. The number of allylic oxidation sites excluding steroid dienone is 2. The zero-order valence-electron chi connectivity index (χ0n) is 13.3. The molecule has 0 heterocycles. The summed E-state index contributed by atoms with van der Waals surface area (Å²) < 4.78 is 0. The zero-order valence-corrected chi connectivity index (χ0v) is 13.3. The van der Waals surface area contributed by atoms with Crippen molar-refractivity contribution < 1.29 is 19.5 Å². The summed E-state index contributed by atoms with van der Waals surface area (Å²) in [5, 5.41) is 12.5. The Morgan fingerprint density at radius 2 is 1.58 bits per heavy atom. The fraction of sp³-hybridized carbons (Fsp3) is 0.421. The molecule has 6 atom stereocenters. The standard InChI is InChI=1S/C19H19NO4/c1-9(21)10-2-4-11(5-3-10)20-18(22)16-12-6-7-13(15-8-14(12)15)17(16)19(23)24/h2-7,12-17H,8H2,1H3,(H,20,22)(H,23,24)/t12-,13+,14+,15+,16-,17-/m0/s1. The molecule has 4 aliphatic rings. The predicted octanol–water partition coefficient (Wildman–Crippen LogP) is 2.60. The molecule has 2 fully saturated rings. The first-order valence-electron chi connectivity index (χ1n) is 8.30. The number of benzene rings is 1. The smallest absolute Gasteiger partial charge is 0.307 e. The molecule has 0 aliphatic heterocycles. The van der Waals surface area contributed by atoms with Crippen molar-refractivity contribution in [1.82, 2.24) is 0 Å². The lowest BCUT2D eigenvalue weighted by molar-refractivity contribution is -0.152. The second kappa shape index (κ2) is 5.30. The molecule has 4 aliphatic carbocycles. The number of nitrogens with one attached hydrogen (secondary N) is 1. The second-order valence-corrected chi connectivity index (χ2v) is 7.12. The molecule has 0 spiro atoms. The SMILES string of the molecule is CC(=O)c1ccc(NC(=O)[C@H]2[C@H]3C=C[C@H]([C@H]4C[C@H]34)[C@@H]2C(=O)O)cc1. The highest BCUT2D eigenvalue weighted by atomic mass is 16.4. The van der Waals surface area contributed by atoms with Crippen LogP contribution in [0.2, 0.25) is 0 Å². The third kappa shape index (κ3) is 2.27. The van der Waals surface area contributed by atoms with Crippen molar-refractivity contribution in [2.45, 2.75) is 13.3 Å². The molecule has 0 aromatic heterocycles. The largest absolute Gasteiger partial charge is 0.481 e. The minimum absolute atomic E-state index is 0.0201. The summed E-state index contributed by atoms with van der Waals surface area (Å²) in [5.74, 6) is -1.39. The average Bonchev–Trinajstić information content (AvgIpc) is 3.36. The van der Waals surface area contributed by atoms with Crippen molar-refractivity contribution in [3.8, 4) is 0 Å². The summed E-state index contributed by atoms with van der Waals surface area (Å²) in [5.41, 5.74) is 1.17. The van der Waals surface area contributed by atoms with E-state index in [1.165, 1.54) is 6.92 Å². The maximum Gasteiger partial charge on any atom is 0.307 e. The fourth-order valence-electron chi connectivity index (χ4n) is 4.58. The molecule has 1 aromatic carbocycles. The number of anilines is 1. The Morgan fingerprint density at radius 1 is 1.00 bits per heavy atom. The third-order valence-corrected chi connectivity index (χ3v) is 5.80. The number of amides is 1. The van der Waals surface area contributed by atoms with Crippen LogP contribution >= 0.6 is 0 Å². The van der Waals surface area contributed by atoms with Gasteiger partial charge in [-0.1, -0.05) is 12.2 Å². The number of carbonyl (C=O) groups excluding carboxylic acids is 2. The lowest BCUT2D eigenvalue weighted by atomic mass is 9.62. The number of carboxylic acid groups (broad SMARTS) is 1. The van der Waals surface area contributed by atoms with E-state index in [4.69, 9.17) is 0 Å². The van der Waals surface area contributed by atoms with Gasteiger partial charge < -0.3 is 10.4 Å². The lowest BCUT2D eigenvalue weighted by Crippen LogP contribution is -2.48. The number of rotatable bonds is 4. The van der Waals surface area contributed by atoms with E-state index in [-0.39, 0.29) is 23.5 Å². The van der Waals surface area contributed by atoms with Gasteiger partial charge in [-0.3, -0.25) is 14.4 Å². The van der Waals surface area contributed by atoms with E-state index in [0.29, 0.717) is 23.1 Å². The quantitative estimate of drug-likeness (QED) is 0.658. The number of ketones is 1. The van der Waals surface area contributed by atoms with E-state index in [0.717, 1.165) is 6.42 Å². The van der Waals surface area contributed by atoms with Crippen LogP contribution < -0.4 is 5.32 Å². The number of Topliss-reactive ketones (excluding diaryl/α,β-unsaturated/α-hetero) is 1. The highest BCUT2D eigenvalue weighted by Gasteiger charge is 2.62. The summed E-state index contributed by atoms with van der Waals surface area (Å²) in [7, 11) is 0. The van der Waals surface area contributed by atoms with Crippen molar-refractivity contribution >= 4 is 23.3 Å². The number of hydrogen-bond donors (Lipinski definition) is 2. The molecule has 0 radical (unpaired) electrons. The number of hydrogen-bond acceptors (Lipinski definition) is 3. The summed E-state index contributed by atoms with van der Waals surface area (Å²) >= 11 is 0. The molecule has 0 unspecified atom stereocenters. The summed E-state index contributed by atoms with van der Waals surface area (Å²) in [4.78, 5) is 35.8. The molecule has 5 nitrogen and oxygen atoms in total. The van der Waals surface area contributed by atoms with E-state index in [2.05, 4.69) is 5.32 Å². The number of carboxylic acids is 1. The lowest BCUT2D eigenvalue weighted by Gasteiger charge is -2.41. The van der Waals surface area contributed by atoms with Gasteiger partial charge in [0.05, 0.1) is 11.8 Å². The molecular weight excluding hydrogens is 306 g/mol. The van der Waals surface area contributed by atoms with Gasteiger partial charge in [0.1, 0.15) is 0 Å². The molecule has 2 bridgehead atoms. The highest BCUT2D eigenvalue weighted by molar-refractivity contribution is 5.97. The van der Waals surface area contributed by atoms with Gasteiger partial charge in [0.25, 0.3) is 0 Å². The van der Waals surface area contributed by atoms with Gasteiger partial charge in [-0.25, -0.2) is 0 Å². The van der Waals surface area contributed by atoms with Crippen LogP contribution in [0.15, 0.2) is 36.4 Å². The van der Waals surface area contributed by atoms with Gasteiger partial charge in [0.2, 0.25) is 5.91 Å². The van der Waals surface area contributed by atoms with Gasteiger partial charge in [0.15, 0.2) is 5.78 Å². The molecule has 1 aromatic rings. The normalized spacial score (nSPS) is 35.2. The Hall–Kier alpha value is -2.43. The van der Waals surface area contributed by atoms with Crippen molar-refractivity contribution in [2.75, 3.05) is 5.32 Å². The van der Waals surface area contributed by atoms with Crippen LogP contribution in [0, 0.1) is 35.5 Å². The van der Waals surface area contributed by atoms with Crippen molar-refractivity contribution in [2.24, 2.45) is 35.5 Å². The van der Waals surface area contributed by atoms with Crippen LogP contribution in [0.5, 0.6) is 0 Å². The van der Waals surface area contributed by atoms with Crippen LogP contribution in [-0.2, 0) is 9.59 Å². The van der Waals surface area contributed by atoms with E-state index in [1.807, 2.05) is 12.2 Å². The maximum atomic E-state index is 12.8. The van der Waals surface area contributed by atoms with E-state index < -0.39 is 17.8 Å². The van der Waals surface area contributed by atoms with Gasteiger partial charge in [-0.15, -0.1) is 0 Å². The Bertz CT molecular complexity index is 751. The van der Waals surface area contributed by atoms with Crippen LogP contribution in [0.1, 0.15) is 23.7 Å². The van der Waals surface area contributed by atoms with Crippen LogP contribution in [0.25, 0.3) is 0 Å². The Morgan fingerprint density at radius 3 is 2.12 bits per heavy atom. The number of aliphatic carboxylic acids is 1. The zero-order chi connectivity index (χ0) is 17.0. The molecule has 5 rings (SSSR count). The Balaban J connectivity index is 1.56. The monoisotopic (exact) mass is 325 g/mol. The first-order chi connectivity index (χ1) is 11.5. The third-order valence-electron chi connectivity index (χ3n) is 5.80. The molecule has 124 valence electrons. The van der Waals surface area contributed by atoms with Crippen LogP contribution in [0.4, 0.5) is 5.69 Å². The molecule has 24 heavy (non-hydrogen) atoms. The summed E-state index contributed by atoms with van der Waals surface area (Å²) in [6.45, 7) is 1.49. The van der Waals surface area contributed by atoms with Crippen molar-refractivity contribution in [3.05, 3.63) is 42.0 Å². The van der Waals surface area contributed by atoms with E-state index in [9.17, 15) is 19.5 Å². The Labute approximate surface area is 139 Å². The van der Waals surface area contributed by atoms with Crippen molar-refractivity contribution in [1.29, 1.82) is 0 Å². The van der Waals surface area contributed by atoms with Gasteiger partial charge in [0, 0.05) is 11.3 Å². The maximum absolute atomic E-state index is 12.8. The van der Waals surface area contributed by atoms with E-state index >= 15 is 0 Å². The van der Waals surface area contributed by atoms with Crippen LogP contribution in [-0.4, -0.2) is 22.8 Å². The molecule has 1 amide bonds. The van der Waals surface area contributed by atoms with E-state index in [1.54, 1.807) is 24.3 Å².